The second kappa shape index (κ2) is 3.23. The smallest absolute Gasteiger partial charge is 0.261 e. The Labute approximate surface area is 68.0 Å². The van der Waals surface area contributed by atoms with Gasteiger partial charge in [0.05, 0.1) is 6.61 Å². The molecular weight excluding hydrogens is 171 g/mol. The molecule has 6 heteroatoms. The fraction of sp³-hybridized carbons (Fsp3) is 1.00. The predicted octanol–water partition coefficient (Wildman–Crippen LogP) is -2.24. The lowest BCUT2D eigenvalue weighted by atomic mass is 9.99. The van der Waals surface area contributed by atoms with Crippen molar-refractivity contribution in [2.45, 2.75) is 24.2 Å². The second-order valence-corrected chi connectivity index (χ2v) is 2.76. The Balaban J connectivity index is 2.71. The minimum absolute atomic E-state index is 0.449. The molecule has 1 aliphatic heterocycles. The molecule has 1 fully saturated rings. The molecule has 0 aromatic heterocycles. The highest BCUT2D eigenvalue weighted by atomic mass is 19.2. The third-order valence-corrected chi connectivity index (χ3v) is 1.87. The lowest BCUT2D eigenvalue weighted by molar-refractivity contribution is -0.298. The highest BCUT2D eigenvalue weighted by Crippen LogP contribution is 2.26. The maximum Gasteiger partial charge on any atom is 0.261 e. The molecule has 4 atom stereocenters. The molecule has 1 aliphatic rings. The van der Waals surface area contributed by atoms with E-state index in [0.29, 0.717) is 0 Å². The molecule has 0 aliphatic carbocycles. The van der Waals surface area contributed by atoms with Crippen molar-refractivity contribution in [2.75, 3.05) is 13.2 Å². The highest BCUT2D eigenvalue weighted by Gasteiger charge is 2.49. The third-order valence-electron chi connectivity index (χ3n) is 1.87. The first-order valence-corrected chi connectivity index (χ1v) is 3.49. The van der Waals surface area contributed by atoms with Crippen molar-refractivity contribution in [1.82, 2.24) is 0 Å². The van der Waals surface area contributed by atoms with E-state index < -0.39 is 37.4 Å². The number of ether oxygens (including phenoxy) is 1. The number of rotatable bonds is 1. The second-order valence-electron chi connectivity index (χ2n) is 2.76. The Morgan fingerprint density at radius 1 is 1.42 bits per heavy atom. The van der Waals surface area contributed by atoms with E-state index in [0.717, 1.165) is 0 Å². The average molecular weight is 182 g/mol. The molecule has 0 saturated carbocycles. The van der Waals surface area contributed by atoms with Crippen LogP contribution < -0.4 is 0 Å². The number of hydrogen-bond acceptors (Lipinski definition) is 5. The van der Waals surface area contributed by atoms with Gasteiger partial charge in [-0.2, -0.15) is 0 Å². The normalized spacial score (nSPS) is 49.2. The van der Waals surface area contributed by atoms with E-state index in [1.165, 1.54) is 0 Å². The van der Waals surface area contributed by atoms with Gasteiger partial charge in [-0.1, -0.05) is 0 Å². The van der Waals surface area contributed by atoms with Crippen molar-refractivity contribution in [1.29, 1.82) is 0 Å². The van der Waals surface area contributed by atoms with Crippen LogP contribution in [0.5, 0.6) is 0 Å². The van der Waals surface area contributed by atoms with Gasteiger partial charge in [-0.05, 0) is 0 Å². The van der Waals surface area contributed by atoms with Crippen LogP contribution in [0.25, 0.3) is 0 Å². The number of aliphatic hydroxyl groups is 4. The molecule has 0 unspecified atom stereocenters. The van der Waals surface area contributed by atoms with E-state index in [-0.39, 0.29) is 0 Å². The van der Waals surface area contributed by atoms with Crippen LogP contribution in [0.2, 0.25) is 0 Å². The molecule has 0 bridgehead atoms. The van der Waals surface area contributed by atoms with Crippen molar-refractivity contribution >= 4 is 0 Å². The van der Waals surface area contributed by atoms with E-state index in [9.17, 15) is 4.39 Å². The molecule has 4 N–H and O–H groups in total. The van der Waals surface area contributed by atoms with Crippen LogP contribution in [0, 0.1) is 0 Å². The van der Waals surface area contributed by atoms with E-state index >= 15 is 0 Å². The summed E-state index contributed by atoms with van der Waals surface area (Å²) >= 11 is 0. The van der Waals surface area contributed by atoms with Gasteiger partial charge in [0, 0.05) is 0 Å². The fourth-order valence-electron chi connectivity index (χ4n) is 1.01. The van der Waals surface area contributed by atoms with Gasteiger partial charge in [0.1, 0.15) is 24.9 Å². The highest BCUT2D eigenvalue weighted by molar-refractivity contribution is 4.91. The summed E-state index contributed by atoms with van der Waals surface area (Å²) in [6.45, 7) is -1.51. The number of alkyl halides is 1. The summed E-state index contributed by atoms with van der Waals surface area (Å²) < 4.78 is 17.5. The van der Waals surface area contributed by atoms with Gasteiger partial charge in [-0.25, -0.2) is 4.39 Å². The molecular formula is C6H11FO5. The van der Waals surface area contributed by atoms with Crippen molar-refractivity contribution in [3.8, 4) is 0 Å². The van der Waals surface area contributed by atoms with Gasteiger partial charge in [-0.15, -0.1) is 0 Å². The van der Waals surface area contributed by atoms with E-state index in [1.54, 1.807) is 0 Å². The molecule has 12 heavy (non-hydrogen) atoms. The minimum atomic E-state index is -2.67. The molecule has 1 saturated heterocycles. The van der Waals surface area contributed by atoms with E-state index in [2.05, 4.69) is 4.74 Å². The molecule has 0 spiro atoms. The standard InChI is InChI=1S/C6H11FO5/c7-6(2-8)5(11)4(10)3(9)1-12-6/h3-5,8-11H,1-2H2/t3-,4+,5-,6-/m0/s1. The van der Waals surface area contributed by atoms with Crippen LogP contribution >= 0.6 is 0 Å². The van der Waals surface area contributed by atoms with Crippen LogP contribution in [-0.4, -0.2) is 57.8 Å². The Morgan fingerprint density at radius 2 is 2.00 bits per heavy atom. The quantitative estimate of drug-likeness (QED) is 0.368. The first-order valence-electron chi connectivity index (χ1n) is 3.49. The molecule has 5 nitrogen and oxygen atoms in total. The van der Waals surface area contributed by atoms with Gasteiger partial charge in [-0.3, -0.25) is 0 Å². The molecule has 0 amide bonds. The zero-order valence-corrected chi connectivity index (χ0v) is 6.22. The molecule has 0 aromatic rings. The molecule has 1 heterocycles. The Morgan fingerprint density at radius 3 is 2.50 bits per heavy atom. The first-order chi connectivity index (χ1) is 5.51. The summed E-state index contributed by atoms with van der Waals surface area (Å²) in [6, 6.07) is 0. The SMILES string of the molecule is OC[C@]1(F)OC[C@H](O)[C@@H](O)[C@@H]1O. The summed E-state index contributed by atoms with van der Waals surface area (Å²) in [5, 5.41) is 35.3. The zero-order valence-electron chi connectivity index (χ0n) is 6.22. The maximum absolute atomic E-state index is 13.1. The lowest BCUT2D eigenvalue weighted by Crippen LogP contribution is -2.60. The number of aliphatic hydroxyl groups excluding tert-OH is 4. The third kappa shape index (κ3) is 1.44. The van der Waals surface area contributed by atoms with E-state index in [1.807, 2.05) is 0 Å². The van der Waals surface area contributed by atoms with Gasteiger partial charge >= 0.3 is 0 Å². The fourth-order valence-corrected chi connectivity index (χ4v) is 1.01. The minimum Gasteiger partial charge on any atom is -0.390 e. The summed E-state index contributed by atoms with van der Waals surface area (Å²) in [5.74, 6) is -2.67. The molecule has 1 rings (SSSR count). The van der Waals surface area contributed by atoms with Crippen molar-refractivity contribution in [3.05, 3.63) is 0 Å². The summed E-state index contributed by atoms with van der Waals surface area (Å²) in [4.78, 5) is 0. The summed E-state index contributed by atoms with van der Waals surface area (Å²) in [7, 11) is 0. The van der Waals surface area contributed by atoms with Crippen molar-refractivity contribution < 1.29 is 29.6 Å². The number of hydrogen-bond donors (Lipinski definition) is 4. The lowest BCUT2D eigenvalue weighted by Gasteiger charge is -2.38. The number of halogens is 1. The van der Waals surface area contributed by atoms with Crippen molar-refractivity contribution in [2.24, 2.45) is 0 Å². The van der Waals surface area contributed by atoms with Gasteiger partial charge in [0.25, 0.3) is 5.85 Å². The van der Waals surface area contributed by atoms with E-state index in [4.69, 9.17) is 20.4 Å². The van der Waals surface area contributed by atoms with Crippen molar-refractivity contribution in [3.63, 3.8) is 0 Å². The Bertz CT molecular complexity index is 166. The van der Waals surface area contributed by atoms with Gasteiger partial charge in [0.2, 0.25) is 0 Å². The summed E-state index contributed by atoms with van der Waals surface area (Å²) in [5.41, 5.74) is 0. The Kier molecular flexibility index (Phi) is 2.64. The van der Waals surface area contributed by atoms with Gasteiger partial charge in [0.15, 0.2) is 0 Å². The monoisotopic (exact) mass is 182 g/mol. The van der Waals surface area contributed by atoms with Crippen LogP contribution in [0.3, 0.4) is 0 Å². The molecule has 72 valence electrons. The molecule has 0 aromatic carbocycles. The van der Waals surface area contributed by atoms with Crippen LogP contribution in [-0.2, 0) is 4.74 Å². The predicted molar refractivity (Wildman–Crippen MR) is 34.9 cm³/mol. The topological polar surface area (TPSA) is 90.2 Å². The zero-order chi connectivity index (χ0) is 9.35. The molecule has 0 radical (unpaired) electrons. The van der Waals surface area contributed by atoms with Crippen LogP contribution in [0.15, 0.2) is 0 Å². The average Bonchev–Trinajstić information content (AvgIpc) is 2.09. The Hall–Kier alpha value is -0.270. The maximum atomic E-state index is 13.1. The van der Waals surface area contributed by atoms with Crippen LogP contribution in [0.1, 0.15) is 0 Å². The van der Waals surface area contributed by atoms with Gasteiger partial charge < -0.3 is 25.2 Å². The largest absolute Gasteiger partial charge is 0.390 e. The first kappa shape index (κ1) is 9.82. The summed E-state index contributed by atoms with van der Waals surface area (Å²) in [6.07, 6.45) is -4.88. The van der Waals surface area contributed by atoms with Crippen LogP contribution in [0.4, 0.5) is 4.39 Å².